The second-order valence-electron chi connectivity index (χ2n) is 7.26. The van der Waals surface area contributed by atoms with E-state index in [1.165, 1.54) is 24.3 Å². The van der Waals surface area contributed by atoms with Crippen molar-refractivity contribution in [3.63, 3.8) is 0 Å². The van der Waals surface area contributed by atoms with E-state index < -0.39 is 36.6 Å². The number of likely N-dealkylation sites (N-methyl/N-ethyl adjacent to an activating group) is 1. The molecule has 0 radical (unpaired) electrons. The Morgan fingerprint density at radius 1 is 1.31 bits per heavy atom. The first-order valence-corrected chi connectivity index (χ1v) is 10.7. The number of aliphatic hydroxyl groups is 2. The number of ether oxygens (including phenoxy) is 2. The van der Waals surface area contributed by atoms with E-state index in [1.807, 2.05) is 6.07 Å². The number of halogens is 1. The summed E-state index contributed by atoms with van der Waals surface area (Å²) in [6, 6.07) is 5.36. The number of benzene rings is 1. The molecule has 0 saturated carbocycles. The molecule has 12 nitrogen and oxygen atoms in total. The highest BCUT2D eigenvalue weighted by Crippen LogP contribution is 2.34. The maximum Gasteiger partial charge on any atom is 0.251 e. The number of carbonyl (C=O) groups is 1. The molecule has 0 bridgehead atoms. The van der Waals surface area contributed by atoms with Crippen LogP contribution in [0.2, 0.25) is 0 Å². The van der Waals surface area contributed by atoms with Crippen LogP contribution in [-0.4, -0.2) is 67.1 Å². The van der Waals surface area contributed by atoms with Gasteiger partial charge in [0.1, 0.15) is 30.2 Å². The summed E-state index contributed by atoms with van der Waals surface area (Å²) in [6.45, 7) is 0.0689. The number of rotatable bonds is 6. The third-order valence-corrected chi connectivity index (χ3v) is 6.17. The zero-order valence-corrected chi connectivity index (χ0v) is 19.1. The van der Waals surface area contributed by atoms with Gasteiger partial charge in [-0.15, -0.1) is 0 Å². The van der Waals surface area contributed by atoms with E-state index in [9.17, 15) is 15.0 Å². The Bertz CT molecular complexity index is 1140. The number of anilines is 2. The van der Waals surface area contributed by atoms with Gasteiger partial charge in [0, 0.05) is 16.3 Å². The lowest BCUT2D eigenvalue weighted by Crippen LogP contribution is -2.48. The smallest absolute Gasteiger partial charge is 0.251 e. The maximum atomic E-state index is 12.6. The molecule has 1 aliphatic heterocycles. The van der Waals surface area contributed by atoms with Crippen LogP contribution in [0.15, 0.2) is 30.9 Å². The molecule has 1 aromatic carbocycles. The summed E-state index contributed by atoms with van der Waals surface area (Å²) >= 11 is 2.10. The minimum atomic E-state index is -1.41. The first-order valence-electron chi connectivity index (χ1n) is 9.63. The highest BCUT2D eigenvalue weighted by Gasteiger charge is 2.50. The van der Waals surface area contributed by atoms with E-state index >= 15 is 0 Å². The van der Waals surface area contributed by atoms with Gasteiger partial charge in [0.05, 0.1) is 12.9 Å². The van der Waals surface area contributed by atoms with E-state index in [0.29, 0.717) is 16.9 Å². The molecule has 3 aromatic rings. The molecule has 5 atom stereocenters. The average molecular weight is 555 g/mol. The van der Waals surface area contributed by atoms with E-state index in [1.54, 1.807) is 12.1 Å². The number of hydrogen-bond acceptors (Lipinski definition) is 10. The van der Waals surface area contributed by atoms with Crippen LogP contribution in [0.1, 0.15) is 11.8 Å². The van der Waals surface area contributed by atoms with Gasteiger partial charge < -0.3 is 36.5 Å². The van der Waals surface area contributed by atoms with Crippen LogP contribution < -0.4 is 16.8 Å². The van der Waals surface area contributed by atoms with Crippen LogP contribution in [-0.2, 0) is 20.9 Å². The number of fused-ring (bicyclic) bond motifs is 1. The van der Waals surface area contributed by atoms with Crippen molar-refractivity contribution < 1.29 is 24.5 Å². The Labute approximate surface area is 196 Å². The van der Waals surface area contributed by atoms with Crippen LogP contribution in [0.25, 0.3) is 11.2 Å². The molecule has 1 amide bonds. The third-order valence-electron chi connectivity index (χ3n) is 5.23. The zero-order valence-electron chi connectivity index (χ0n) is 16.9. The average Bonchev–Trinajstić information content (AvgIpc) is 3.33. The normalized spacial score (nSPS) is 24.0. The molecule has 170 valence electrons. The van der Waals surface area contributed by atoms with Crippen LogP contribution in [0, 0.1) is 3.57 Å². The molecule has 2 aromatic heterocycles. The number of carbonyl (C=O) groups excluding carboxylic acids is 1. The van der Waals surface area contributed by atoms with Crippen molar-refractivity contribution in [2.75, 3.05) is 18.5 Å². The molecule has 0 aliphatic carbocycles. The fourth-order valence-electron chi connectivity index (χ4n) is 3.53. The molecule has 1 fully saturated rings. The Morgan fingerprint density at radius 3 is 2.81 bits per heavy atom. The quantitative estimate of drug-likeness (QED) is 0.197. The molecule has 1 aliphatic rings. The summed E-state index contributed by atoms with van der Waals surface area (Å²) in [5.41, 5.74) is 13.7. The van der Waals surface area contributed by atoms with Crippen molar-refractivity contribution in [3.05, 3.63) is 40.0 Å². The van der Waals surface area contributed by atoms with Crippen molar-refractivity contribution in [1.82, 2.24) is 24.8 Å². The van der Waals surface area contributed by atoms with Crippen LogP contribution in [0.3, 0.4) is 0 Å². The number of hydrogen-bond donors (Lipinski definition) is 5. The van der Waals surface area contributed by atoms with Crippen LogP contribution in [0.4, 0.5) is 11.5 Å². The molecular formula is C19H22IN7O5. The summed E-state index contributed by atoms with van der Waals surface area (Å²) in [5.74, 6) is -0.336. The first-order chi connectivity index (χ1) is 15.3. The van der Waals surface area contributed by atoms with Gasteiger partial charge in [-0.2, -0.15) is 0 Å². The minimum absolute atomic E-state index is 0.0689. The summed E-state index contributed by atoms with van der Waals surface area (Å²) in [6.07, 6.45) is -3.56. The predicted molar refractivity (Wildman–Crippen MR) is 122 cm³/mol. The summed E-state index contributed by atoms with van der Waals surface area (Å²) < 4.78 is 14.0. The largest absolute Gasteiger partial charge is 0.398 e. The highest BCUT2D eigenvalue weighted by atomic mass is 127. The van der Waals surface area contributed by atoms with E-state index in [-0.39, 0.29) is 12.4 Å². The van der Waals surface area contributed by atoms with Crippen molar-refractivity contribution >= 4 is 51.2 Å². The predicted octanol–water partition coefficient (Wildman–Crippen LogP) is -0.454. The van der Waals surface area contributed by atoms with Gasteiger partial charge in [-0.05, 0) is 40.3 Å². The van der Waals surface area contributed by atoms with Gasteiger partial charge in [0.25, 0.3) is 5.91 Å². The minimum Gasteiger partial charge on any atom is -0.398 e. The van der Waals surface area contributed by atoms with Gasteiger partial charge in [-0.25, -0.2) is 15.0 Å². The number of nitrogens with zero attached hydrogens (tertiary/aromatic N) is 4. The van der Waals surface area contributed by atoms with Crippen molar-refractivity contribution in [2.24, 2.45) is 0 Å². The molecule has 0 spiro atoms. The molecule has 1 unspecified atom stereocenters. The molecule has 3 heterocycles. The number of nitrogens with two attached hydrogens (primary N) is 2. The second-order valence-corrected chi connectivity index (χ2v) is 8.42. The second kappa shape index (κ2) is 9.11. The van der Waals surface area contributed by atoms with Gasteiger partial charge >= 0.3 is 0 Å². The zero-order chi connectivity index (χ0) is 23.0. The summed E-state index contributed by atoms with van der Waals surface area (Å²) in [7, 11) is 1.45. The Morgan fingerprint density at radius 2 is 2.09 bits per heavy atom. The fourth-order valence-corrected chi connectivity index (χ4v) is 4.11. The lowest BCUT2D eigenvalue weighted by atomic mass is 10.0. The number of aromatic nitrogens is 4. The lowest BCUT2D eigenvalue weighted by molar-refractivity contribution is -0.152. The SMILES string of the molecule is CNC(=O)C(OCc1ccc(N)c(I)c1)[C@H]1O[C@@H](n2cnc3c(N)ncnc32)[C@H](O)[C@@H]1O. The van der Waals surface area contributed by atoms with Gasteiger partial charge in [0.2, 0.25) is 0 Å². The van der Waals surface area contributed by atoms with E-state index in [2.05, 4.69) is 42.9 Å². The Kier molecular flexibility index (Phi) is 6.43. The molecule has 4 rings (SSSR count). The summed E-state index contributed by atoms with van der Waals surface area (Å²) in [4.78, 5) is 24.7. The monoisotopic (exact) mass is 555 g/mol. The summed E-state index contributed by atoms with van der Waals surface area (Å²) in [5, 5.41) is 23.9. The number of amides is 1. The Hall–Kier alpha value is -2.59. The lowest BCUT2D eigenvalue weighted by Gasteiger charge is -2.24. The van der Waals surface area contributed by atoms with Gasteiger partial charge in [0.15, 0.2) is 23.8 Å². The maximum absolute atomic E-state index is 12.6. The number of nitrogen functional groups attached to an aromatic ring is 2. The number of nitrogens with one attached hydrogen (secondary N) is 1. The van der Waals surface area contributed by atoms with Gasteiger partial charge in [-0.1, -0.05) is 6.07 Å². The Balaban J connectivity index is 1.58. The number of aliphatic hydroxyl groups excluding tert-OH is 2. The van der Waals surface area contributed by atoms with Crippen LogP contribution in [0.5, 0.6) is 0 Å². The fraction of sp³-hybridized carbons (Fsp3) is 0.368. The highest BCUT2D eigenvalue weighted by molar-refractivity contribution is 14.1. The third kappa shape index (κ3) is 4.09. The van der Waals surface area contributed by atoms with E-state index in [4.69, 9.17) is 20.9 Å². The van der Waals surface area contributed by atoms with Gasteiger partial charge in [-0.3, -0.25) is 9.36 Å². The first kappa shape index (κ1) is 22.6. The standard InChI is InChI=1S/C19H22IN7O5/c1-23-18(30)15(31-5-8-2-3-10(21)9(20)4-8)14-12(28)13(29)19(32-14)27-7-26-11-16(22)24-6-25-17(11)27/h2-4,6-7,12-15,19,28-29H,5,21H2,1H3,(H,23,30)(H2,22,24,25)/t12-,13+,14-,15?,19+/m0/s1. The van der Waals surface area contributed by atoms with Crippen molar-refractivity contribution in [3.8, 4) is 0 Å². The van der Waals surface area contributed by atoms with E-state index in [0.717, 1.165) is 9.13 Å². The molecular weight excluding hydrogens is 533 g/mol. The molecule has 1 saturated heterocycles. The molecule has 32 heavy (non-hydrogen) atoms. The van der Waals surface area contributed by atoms with Crippen molar-refractivity contribution in [2.45, 2.75) is 37.3 Å². The molecule has 7 N–H and O–H groups in total. The van der Waals surface area contributed by atoms with Crippen LogP contribution >= 0.6 is 22.6 Å². The topological polar surface area (TPSA) is 184 Å². The molecule has 13 heteroatoms. The number of imidazole rings is 1. The van der Waals surface area contributed by atoms with Crippen molar-refractivity contribution in [1.29, 1.82) is 0 Å².